The molecule has 0 radical (unpaired) electrons. The molecule has 0 atom stereocenters. The lowest BCUT2D eigenvalue weighted by Gasteiger charge is -2.03. The zero-order valence-electron chi connectivity index (χ0n) is 11.4. The summed E-state index contributed by atoms with van der Waals surface area (Å²) in [4.78, 5) is 16.2. The van der Waals surface area contributed by atoms with Crippen LogP contribution < -0.4 is 0 Å². The topological polar surface area (TPSA) is 34.9 Å². The monoisotopic (exact) mass is 274 g/mol. The summed E-state index contributed by atoms with van der Waals surface area (Å²) in [7, 11) is 0. The maximum absolute atomic E-state index is 12.1. The van der Waals surface area contributed by atoms with Crippen molar-refractivity contribution in [1.29, 1.82) is 0 Å². The van der Waals surface area contributed by atoms with Gasteiger partial charge >= 0.3 is 0 Å². The molecule has 0 spiro atoms. The molecular weight excluding hydrogens is 260 g/mol. The lowest BCUT2D eigenvalue weighted by Crippen LogP contribution is -1.96. The van der Waals surface area contributed by atoms with Gasteiger partial charge in [-0.1, -0.05) is 6.07 Å². The molecule has 21 heavy (non-hydrogen) atoms. The summed E-state index contributed by atoms with van der Waals surface area (Å²) < 4.78 is 2.00. The molecule has 0 fully saturated rings. The van der Waals surface area contributed by atoms with Gasteiger partial charge in [-0.2, -0.15) is 0 Å². The Hall–Kier alpha value is -2.94. The minimum Gasteiger partial charge on any atom is -0.324 e. The number of hydrogen-bond donors (Lipinski definition) is 0. The van der Waals surface area contributed by atoms with Crippen molar-refractivity contribution >= 4 is 11.9 Å². The van der Waals surface area contributed by atoms with Crippen molar-refractivity contribution in [3.05, 3.63) is 90.5 Å². The fraction of sp³-hybridized carbons (Fsp3) is 0. The molecule has 102 valence electrons. The van der Waals surface area contributed by atoms with E-state index in [-0.39, 0.29) is 5.78 Å². The Morgan fingerprint density at radius 1 is 0.952 bits per heavy atom. The average Bonchev–Trinajstić information content (AvgIpc) is 3.08. The van der Waals surface area contributed by atoms with Crippen molar-refractivity contribution < 1.29 is 4.79 Å². The standard InChI is InChI=1S/C18H14N2O/c21-18(11-8-16-5-1-2-12-19-16)15-6-9-17(10-7-15)20-13-3-4-14-20/h1-14H/b11-8+. The number of ketones is 1. The van der Waals surface area contributed by atoms with Crippen LogP contribution in [0.3, 0.4) is 0 Å². The summed E-state index contributed by atoms with van der Waals surface area (Å²) in [6.07, 6.45) is 8.92. The Morgan fingerprint density at radius 3 is 2.38 bits per heavy atom. The van der Waals surface area contributed by atoms with Crippen molar-refractivity contribution in [3.8, 4) is 5.69 Å². The van der Waals surface area contributed by atoms with E-state index in [9.17, 15) is 4.79 Å². The number of hydrogen-bond acceptors (Lipinski definition) is 2. The van der Waals surface area contributed by atoms with Gasteiger partial charge in [-0.3, -0.25) is 9.78 Å². The summed E-state index contributed by atoms with van der Waals surface area (Å²) in [5, 5.41) is 0. The first-order valence-electron chi connectivity index (χ1n) is 6.70. The van der Waals surface area contributed by atoms with Gasteiger partial charge in [0.2, 0.25) is 0 Å². The van der Waals surface area contributed by atoms with Crippen molar-refractivity contribution in [2.45, 2.75) is 0 Å². The normalized spacial score (nSPS) is 10.9. The molecular formula is C18H14N2O. The van der Waals surface area contributed by atoms with Gasteiger partial charge < -0.3 is 4.57 Å². The average molecular weight is 274 g/mol. The Kier molecular flexibility index (Phi) is 3.74. The van der Waals surface area contributed by atoms with Crippen molar-refractivity contribution in [3.63, 3.8) is 0 Å². The number of aromatic nitrogens is 2. The van der Waals surface area contributed by atoms with E-state index in [1.807, 2.05) is 71.6 Å². The number of carbonyl (C=O) groups excluding carboxylic acids is 1. The quantitative estimate of drug-likeness (QED) is 0.536. The lowest BCUT2D eigenvalue weighted by molar-refractivity contribution is 0.104. The van der Waals surface area contributed by atoms with Crippen LogP contribution in [0, 0.1) is 0 Å². The smallest absolute Gasteiger partial charge is 0.185 e. The third-order valence-corrected chi connectivity index (χ3v) is 3.15. The molecule has 0 aliphatic rings. The molecule has 0 aliphatic heterocycles. The summed E-state index contributed by atoms with van der Waals surface area (Å²) in [6.45, 7) is 0. The van der Waals surface area contributed by atoms with E-state index in [0.29, 0.717) is 5.56 Å². The minimum atomic E-state index is -0.0280. The van der Waals surface area contributed by atoms with Crippen LogP contribution in [0.5, 0.6) is 0 Å². The molecule has 3 aromatic rings. The van der Waals surface area contributed by atoms with Crippen LogP contribution >= 0.6 is 0 Å². The van der Waals surface area contributed by atoms with Gasteiger partial charge in [0, 0.05) is 29.8 Å². The molecule has 3 nitrogen and oxygen atoms in total. The van der Waals surface area contributed by atoms with Crippen molar-refractivity contribution in [2.75, 3.05) is 0 Å². The number of nitrogens with zero attached hydrogens (tertiary/aromatic N) is 2. The second kappa shape index (κ2) is 6.01. The zero-order valence-corrected chi connectivity index (χ0v) is 11.4. The Labute approximate surface area is 123 Å². The molecule has 2 aromatic heterocycles. The van der Waals surface area contributed by atoms with Crippen molar-refractivity contribution in [2.24, 2.45) is 0 Å². The van der Waals surface area contributed by atoms with Gasteiger partial charge in [0.25, 0.3) is 0 Å². The van der Waals surface area contributed by atoms with E-state index >= 15 is 0 Å². The Balaban J connectivity index is 1.75. The second-order valence-corrected chi connectivity index (χ2v) is 4.59. The maximum Gasteiger partial charge on any atom is 0.185 e. The van der Waals surface area contributed by atoms with E-state index in [2.05, 4.69) is 4.98 Å². The number of benzene rings is 1. The van der Waals surface area contributed by atoms with Gasteiger partial charge in [0.15, 0.2) is 5.78 Å². The van der Waals surface area contributed by atoms with Crippen LogP contribution in [0.25, 0.3) is 11.8 Å². The highest BCUT2D eigenvalue weighted by Gasteiger charge is 2.02. The SMILES string of the molecule is O=C(/C=C/c1ccccn1)c1ccc(-n2cccc2)cc1. The van der Waals surface area contributed by atoms with Crippen LogP contribution in [0.1, 0.15) is 16.1 Å². The van der Waals surface area contributed by atoms with Crippen LogP contribution in [-0.4, -0.2) is 15.3 Å². The third kappa shape index (κ3) is 3.15. The number of pyridine rings is 1. The molecule has 0 bridgehead atoms. The molecule has 3 heteroatoms. The second-order valence-electron chi connectivity index (χ2n) is 4.59. The van der Waals surface area contributed by atoms with Crippen molar-refractivity contribution in [1.82, 2.24) is 9.55 Å². The minimum absolute atomic E-state index is 0.0280. The summed E-state index contributed by atoms with van der Waals surface area (Å²) in [5.74, 6) is -0.0280. The molecule has 1 aromatic carbocycles. The predicted molar refractivity (Wildman–Crippen MR) is 83.4 cm³/mol. The fourth-order valence-electron chi connectivity index (χ4n) is 2.04. The molecule has 0 N–H and O–H groups in total. The van der Waals surface area contributed by atoms with E-state index in [1.54, 1.807) is 18.3 Å². The Bertz CT molecular complexity index is 742. The first-order valence-corrected chi connectivity index (χ1v) is 6.70. The molecule has 0 saturated carbocycles. The largest absolute Gasteiger partial charge is 0.324 e. The molecule has 0 amide bonds. The number of carbonyl (C=O) groups is 1. The van der Waals surface area contributed by atoms with Crippen LogP contribution in [0.2, 0.25) is 0 Å². The summed E-state index contributed by atoms with van der Waals surface area (Å²) >= 11 is 0. The predicted octanol–water partition coefficient (Wildman–Crippen LogP) is 3.77. The maximum atomic E-state index is 12.1. The number of rotatable bonds is 4. The summed E-state index contributed by atoms with van der Waals surface area (Å²) in [5.41, 5.74) is 2.47. The molecule has 0 saturated heterocycles. The Morgan fingerprint density at radius 2 is 1.71 bits per heavy atom. The first kappa shape index (κ1) is 13.1. The van der Waals surface area contributed by atoms with Crippen LogP contribution in [0.15, 0.2) is 79.3 Å². The highest BCUT2D eigenvalue weighted by atomic mass is 16.1. The highest BCUT2D eigenvalue weighted by Crippen LogP contribution is 2.11. The van der Waals surface area contributed by atoms with Crippen LogP contribution in [0.4, 0.5) is 0 Å². The lowest BCUT2D eigenvalue weighted by atomic mass is 10.1. The van der Waals surface area contributed by atoms with Gasteiger partial charge in [-0.15, -0.1) is 0 Å². The third-order valence-electron chi connectivity index (χ3n) is 3.15. The van der Waals surface area contributed by atoms with E-state index in [0.717, 1.165) is 11.4 Å². The zero-order chi connectivity index (χ0) is 14.5. The van der Waals surface area contributed by atoms with Crippen LogP contribution in [-0.2, 0) is 0 Å². The number of allylic oxidation sites excluding steroid dienone is 1. The molecule has 0 aliphatic carbocycles. The molecule has 3 rings (SSSR count). The first-order chi connectivity index (χ1) is 10.3. The van der Waals surface area contributed by atoms with Gasteiger partial charge in [-0.05, 0) is 60.7 Å². The van der Waals surface area contributed by atoms with Gasteiger partial charge in [0.1, 0.15) is 0 Å². The van der Waals surface area contributed by atoms with E-state index in [1.165, 1.54) is 0 Å². The van der Waals surface area contributed by atoms with Gasteiger partial charge in [-0.25, -0.2) is 0 Å². The highest BCUT2D eigenvalue weighted by molar-refractivity contribution is 6.06. The van der Waals surface area contributed by atoms with Gasteiger partial charge in [0.05, 0.1) is 5.69 Å². The summed E-state index contributed by atoms with van der Waals surface area (Å²) in [6, 6.07) is 17.1. The van der Waals surface area contributed by atoms with E-state index < -0.39 is 0 Å². The molecule has 0 unspecified atom stereocenters. The van der Waals surface area contributed by atoms with E-state index in [4.69, 9.17) is 0 Å². The molecule has 2 heterocycles. The fourth-order valence-corrected chi connectivity index (χ4v) is 2.04.